The van der Waals surface area contributed by atoms with E-state index in [-0.39, 0.29) is 31.8 Å². The molecule has 2 rings (SSSR count). The number of nitrogens with zero attached hydrogens (tertiary/aromatic N) is 3. The summed E-state index contributed by atoms with van der Waals surface area (Å²) in [6.45, 7) is 4.16. The van der Waals surface area contributed by atoms with Gasteiger partial charge in [0.15, 0.2) is 12.2 Å². The van der Waals surface area contributed by atoms with Crippen molar-refractivity contribution in [2.45, 2.75) is 32.8 Å². The average molecular weight is 326 g/mol. The van der Waals surface area contributed by atoms with Crippen LogP contribution in [0.25, 0.3) is 0 Å². The fraction of sp³-hybridized carbons (Fsp3) is 0.615. The maximum atomic E-state index is 11.6. The van der Waals surface area contributed by atoms with Crippen LogP contribution in [-0.4, -0.2) is 45.8 Å². The van der Waals surface area contributed by atoms with Crippen LogP contribution in [0.15, 0.2) is 11.3 Å². The quantitative estimate of drug-likeness (QED) is 0.372. The van der Waals surface area contributed by atoms with Crippen molar-refractivity contribution < 1.29 is 19.4 Å². The van der Waals surface area contributed by atoms with E-state index in [4.69, 9.17) is 20.9 Å². The van der Waals surface area contributed by atoms with E-state index in [9.17, 15) is 9.90 Å². The maximum Gasteiger partial charge on any atom is 0.323 e. The normalized spacial score (nSPS) is 18.1. The van der Waals surface area contributed by atoms with E-state index < -0.39 is 18.2 Å². The van der Waals surface area contributed by atoms with Gasteiger partial charge >= 0.3 is 5.97 Å². The highest BCUT2D eigenvalue weighted by Gasteiger charge is 2.23. The monoisotopic (exact) mass is 326 g/mol. The van der Waals surface area contributed by atoms with Gasteiger partial charge in [-0.3, -0.25) is 9.36 Å². The number of aliphatic hydroxyl groups is 1. The van der Waals surface area contributed by atoms with Crippen molar-refractivity contribution in [1.29, 1.82) is 0 Å². The third kappa shape index (κ3) is 4.18. The van der Waals surface area contributed by atoms with Crippen LogP contribution < -0.4 is 16.8 Å². The summed E-state index contributed by atoms with van der Waals surface area (Å²) < 4.78 is 12.1. The number of carbonyl (C=O) groups excluding carboxylic acids is 1. The zero-order valence-corrected chi connectivity index (χ0v) is 13.1. The van der Waals surface area contributed by atoms with E-state index >= 15 is 0 Å². The molecule has 0 aliphatic carbocycles. The summed E-state index contributed by atoms with van der Waals surface area (Å²) in [6.07, 6.45) is 0.404. The van der Waals surface area contributed by atoms with Gasteiger partial charge in [-0.15, -0.1) is 0 Å². The summed E-state index contributed by atoms with van der Waals surface area (Å²) in [6, 6.07) is -0.636. The number of hydrogen-bond donors (Lipinski definition) is 4. The first-order chi connectivity index (χ1) is 10.9. The summed E-state index contributed by atoms with van der Waals surface area (Å²) in [5, 5.41) is 12.5. The van der Waals surface area contributed by atoms with Gasteiger partial charge in [0.1, 0.15) is 30.9 Å². The van der Waals surface area contributed by atoms with Crippen molar-refractivity contribution >= 4 is 17.7 Å². The molecule has 10 heteroatoms. The number of aliphatic hydroxyl groups excluding tert-OH is 1. The number of aromatic nitrogens is 2. The number of guanidine groups is 1. The second-order valence-corrected chi connectivity index (χ2v) is 5.44. The van der Waals surface area contributed by atoms with Crippen molar-refractivity contribution in [3.63, 3.8) is 0 Å². The van der Waals surface area contributed by atoms with Gasteiger partial charge in [-0.25, -0.2) is 9.98 Å². The summed E-state index contributed by atoms with van der Waals surface area (Å²) in [7, 11) is 0. The van der Waals surface area contributed by atoms with Gasteiger partial charge < -0.3 is 31.4 Å². The molecule has 0 bridgehead atoms. The van der Waals surface area contributed by atoms with E-state index in [2.05, 4.69) is 15.3 Å². The van der Waals surface area contributed by atoms with Crippen LogP contribution in [-0.2, 0) is 21.0 Å². The largest absolute Gasteiger partial charge is 0.462 e. The average Bonchev–Trinajstić information content (AvgIpc) is 2.89. The smallest absolute Gasteiger partial charge is 0.323 e. The number of aliphatic imine (C=N–C) groups is 1. The highest BCUT2D eigenvalue weighted by atomic mass is 16.6. The molecule has 0 fully saturated rings. The predicted molar refractivity (Wildman–Crippen MR) is 82.2 cm³/mol. The molecule has 6 N–H and O–H groups in total. The highest BCUT2D eigenvalue weighted by Crippen LogP contribution is 2.25. The number of nitrogens with one attached hydrogen (secondary N) is 1. The molecular formula is C13H22N6O4. The molecule has 1 aromatic heterocycles. The summed E-state index contributed by atoms with van der Waals surface area (Å²) >= 11 is 0. The Kier molecular flexibility index (Phi) is 5.53. The van der Waals surface area contributed by atoms with Gasteiger partial charge in [0.25, 0.3) is 0 Å². The van der Waals surface area contributed by atoms with Crippen LogP contribution in [0, 0.1) is 5.92 Å². The molecule has 1 aliphatic rings. The van der Waals surface area contributed by atoms with E-state index in [1.165, 1.54) is 6.33 Å². The van der Waals surface area contributed by atoms with Crippen LogP contribution in [0.1, 0.15) is 25.8 Å². The van der Waals surface area contributed by atoms with Crippen molar-refractivity contribution in [2.24, 2.45) is 22.4 Å². The standard InChI is InChI=1S/C13H22N6O4/c1-7(2)8(14)12(21)23-4-3-22-6-19-5-16-9-10(19)17-13(15)18-11(9)20/h5,7-8,11,20H,3-4,6,14H2,1-2H3,(H3,15,17,18)/t8-,11-/m0/s1. The molecule has 1 aliphatic heterocycles. The summed E-state index contributed by atoms with van der Waals surface area (Å²) in [5.74, 6) is 0.190. The van der Waals surface area contributed by atoms with E-state index in [0.717, 1.165) is 0 Å². The Hall–Kier alpha value is -2.17. The molecule has 1 aromatic rings. The first-order valence-electron chi connectivity index (χ1n) is 7.23. The first kappa shape index (κ1) is 17.2. The Balaban J connectivity index is 1.75. The second kappa shape index (κ2) is 7.40. The van der Waals surface area contributed by atoms with Gasteiger partial charge in [-0.2, -0.15) is 0 Å². The van der Waals surface area contributed by atoms with E-state index in [0.29, 0.717) is 11.5 Å². The molecule has 10 nitrogen and oxygen atoms in total. The third-order valence-corrected chi connectivity index (χ3v) is 3.31. The minimum Gasteiger partial charge on any atom is -0.462 e. The lowest BCUT2D eigenvalue weighted by atomic mass is 10.1. The van der Waals surface area contributed by atoms with Gasteiger partial charge in [0.05, 0.1) is 12.9 Å². The van der Waals surface area contributed by atoms with Crippen LogP contribution in [0.5, 0.6) is 0 Å². The second-order valence-electron chi connectivity index (χ2n) is 5.44. The van der Waals surface area contributed by atoms with Crippen molar-refractivity contribution in [3.05, 3.63) is 12.0 Å². The zero-order valence-electron chi connectivity index (χ0n) is 13.1. The lowest BCUT2D eigenvalue weighted by Crippen LogP contribution is -2.37. The van der Waals surface area contributed by atoms with Gasteiger partial charge in [-0.05, 0) is 5.92 Å². The number of carbonyl (C=O) groups is 1. The third-order valence-electron chi connectivity index (χ3n) is 3.31. The van der Waals surface area contributed by atoms with Crippen LogP contribution in [0.3, 0.4) is 0 Å². The first-order valence-corrected chi connectivity index (χ1v) is 7.23. The Bertz CT molecular complexity index is 585. The van der Waals surface area contributed by atoms with Crippen LogP contribution >= 0.6 is 0 Å². The molecule has 2 heterocycles. The molecule has 128 valence electrons. The van der Waals surface area contributed by atoms with Gasteiger partial charge in [-0.1, -0.05) is 13.8 Å². The molecule has 0 spiro atoms. The Labute approximate surface area is 133 Å². The molecule has 2 atom stereocenters. The number of ether oxygens (including phenoxy) is 2. The number of imidazole rings is 1. The molecule has 0 saturated heterocycles. The molecule has 0 radical (unpaired) electrons. The predicted octanol–water partition coefficient (Wildman–Crippen LogP) is -0.885. The lowest BCUT2D eigenvalue weighted by Gasteiger charge is -2.18. The Morgan fingerprint density at radius 3 is 2.96 bits per heavy atom. The molecule has 0 amide bonds. The number of nitrogens with two attached hydrogens (primary N) is 2. The van der Waals surface area contributed by atoms with Crippen molar-refractivity contribution in [3.8, 4) is 0 Å². The molecule has 0 aromatic carbocycles. The zero-order chi connectivity index (χ0) is 17.0. The summed E-state index contributed by atoms with van der Waals surface area (Å²) in [5.41, 5.74) is 11.6. The minimum absolute atomic E-state index is 0.0190. The molecular weight excluding hydrogens is 304 g/mol. The van der Waals surface area contributed by atoms with Crippen LogP contribution in [0.4, 0.5) is 5.82 Å². The number of fused-ring (bicyclic) bond motifs is 1. The topological polar surface area (TPSA) is 150 Å². The minimum atomic E-state index is -1.09. The fourth-order valence-corrected chi connectivity index (χ4v) is 1.90. The van der Waals surface area contributed by atoms with E-state index in [1.807, 2.05) is 13.8 Å². The molecule has 0 unspecified atom stereocenters. The highest BCUT2D eigenvalue weighted by molar-refractivity contribution is 5.93. The van der Waals surface area contributed by atoms with Crippen molar-refractivity contribution in [1.82, 2.24) is 9.55 Å². The fourth-order valence-electron chi connectivity index (χ4n) is 1.90. The lowest BCUT2D eigenvalue weighted by molar-refractivity contribution is -0.148. The Morgan fingerprint density at radius 1 is 1.52 bits per heavy atom. The number of esters is 1. The van der Waals surface area contributed by atoms with E-state index in [1.54, 1.807) is 4.57 Å². The molecule has 23 heavy (non-hydrogen) atoms. The number of hydrogen-bond acceptors (Lipinski definition) is 9. The summed E-state index contributed by atoms with van der Waals surface area (Å²) in [4.78, 5) is 19.4. The maximum absolute atomic E-state index is 11.6. The Morgan fingerprint density at radius 2 is 2.26 bits per heavy atom. The molecule has 0 saturated carbocycles. The van der Waals surface area contributed by atoms with Crippen molar-refractivity contribution in [2.75, 3.05) is 18.5 Å². The van der Waals surface area contributed by atoms with Gasteiger partial charge in [0, 0.05) is 0 Å². The number of rotatable bonds is 7. The SMILES string of the molecule is CC(C)[C@H](N)C(=O)OCCOCn1cnc2c1NC(N)=N[C@H]2O. The van der Waals surface area contributed by atoms with Crippen LogP contribution in [0.2, 0.25) is 0 Å². The number of anilines is 1. The van der Waals surface area contributed by atoms with Gasteiger partial charge in [0.2, 0.25) is 0 Å².